The quantitative estimate of drug-likeness (QED) is 0.895. The van der Waals surface area contributed by atoms with Gasteiger partial charge in [0.05, 0.1) is 31.5 Å². The molecule has 1 unspecified atom stereocenters. The third-order valence-corrected chi connectivity index (χ3v) is 4.04. The van der Waals surface area contributed by atoms with Crippen LogP contribution in [0.15, 0.2) is 0 Å². The third kappa shape index (κ3) is 3.56. The lowest BCUT2D eigenvalue weighted by atomic mass is 10.0. The van der Waals surface area contributed by atoms with Crippen molar-refractivity contribution in [2.45, 2.75) is 39.2 Å². The van der Waals surface area contributed by atoms with Crippen molar-refractivity contribution in [2.75, 3.05) is 19.8 Å². The summed E-state index contributed by atoms with van der Waals surface area (Å²) < 4.78 is 44.2. The average molecular weight is 345 g/mol. The van der Waals surface area contributed by atoms with Crippen LogP contribution in [0.1, 0.15) is 28.8 Å². The van der Waals surface area contributed by atoms with E-state index in [-0.39, 0.29) is 18.4 Å². The van der Waals surface area contributed by atoms with E-state index < -0.39 is 12.7 Å². The van der Waals surface area contributed by atoms with Crippen LogP contribution in [0.4, 0.5) is 13.2 Å². The molecule has 0 radical (unpaired) electrons. The first-order valence-electron chi connectivity index (χ1n) is 7.50. The van der Waals surface area contributed by atoms with Crippen LogP contribution in [-0.2, 0) is 17.8 Å². The number of rotatable bonds is 4. The van der Waals surface area contributed by atoms with Crippen molar-refractivity contribution in [1.82, 2.24) is 35.3 Å². The first-order chi connectivity index (χ1) is 11.3. The molecule has 24 heavy (non-hydrogen) atoms. The highest BCUT2D eigenvalue weighted by Gasteiger charge is 2.33. The fourth-order valence-corrected chi connectivity index (χ4v) is 2.95. The zero-order valence-corrected chi connectivity index (χ0v) is 13.3. The number of hydrogen-bond donors (Lipinski definition) is 1. The van der Waals surface area contributed by atoms with E-state index in [1.807, 2.05) is 18.7 Å². The Hall–Kier alpha value is -2.01. The molecule has 0 saturated carbocycles. The standard InChI is InChI=1S/C13H18F3N7O/c1-8-12(9(2)18-17-8)10-6-24-4-3-22(10)5-11-19-20-21-23(11)7-13(14,15)16/h10H,3-7H2,1-2H3,(H,17,18). The molecular weight excluding hydrogens is 327 g/mol. The summed E-state index contributed by atoms with van der Waals surface area (Å²) >= 11 is 0. The Morgan fingerprint density at radius 3 is 2.79 bits per heavy atom. The topological polar surface area (TPSA) is 84.8 Å². The summed E-state index contributed by atoms with van der Waals surface area (Å²) in [6.45, 7) is 4.34. The fraction of sp³-hybridized carbons (Fsp3) is 0.692. The highest BCUT2D eigenvalue weighted by Crippen LogP contribution is 2.29. The number of nitrogens with zero attached hydrogens (tertiary/aromatic N) is 6. The van der Waals surface area contributed by atoms with Crippen LogP contribution < -0.4 is 0 Å². The molecule has 1 saturated heterocycles. The van der Waals surface area contributed by atoms with Gasteiger partial charge in [-0.2, -0.15) is 18.3 Å². The summed E-state index contributed by atoms with van der Waals surface area (Å²) in [4.78, 5) is 2.02. The minimum Gasteiger partial charge on any atom is -0.378 e. The van der Waals surface area contributed by atoms with E-state index in [4.69, 9.17) is 4.74 Å². The normalized spacial score (nSPS) is 19.8. The lowest BCUT2D eigenvalue weighted by Gasteiger charge is -2.35. The van der Waals surface area contributed by atoms with E-state index in [1.165, 1.54) is 0 Å². The highest BCUT2D eigenvalue weighted by atomic mass is 19.4. The van der Waals surface area contributed by atoms with E-state index in [9.17, 15) is 13.2 Å². The molecule has 1 N–H and O–H groups in total. The molecule has 0 bridgehead atoms. The van der Waals surface area contributed by atoms with Crippen molar-refractivity contribution in [3.05, 3.63) is 22.8 Å². The van der Waals surface area contributed by atoms with Crippen molar-refractivity contribution < 1.29 is 17.9 Å². The number of hydrogen-bond acceptors (Lipinski definition) is 6. The number of ether oxygens (including phenoxy) is 1. The maximum Gasteiger partial charge on any atom is 0.408 e. The molecule has 0 aromatic carbocycles. The monoisotopic (exact) mass is 345 g/mol. The van der Waals surface area contributed by atoms with E-state index in [2.05, 4.69) is 25.7 Å². The fourth-order valence-electron chi connectivity index (χ4n) is 2.95. The molecule has 1 atom stereocenters. The molecule has 1 aliphatic rings. The molecule has 2 aromatic rings. The summed E-state index contributed by atoms with van der Waals surface area (Å²) in [5.74, 6) is 0.179. The average Bonchev–Trinajstić information content (AvgIpc) is 3.06. The van der Waals surface area contributed by atoms with Crippen LogP contribution in [0.2, 0.25) is 0 Å². The van der Waals surface area contributed by atoms with Gasteiger partial charge in [-0.3, -0.25) is 10.00 Å². The van der Waals surface area contributed by atoms with Crippen molar-refractivity contribution in [2.24, 2.45) is 0 Å². The molecule has 1 fully saturated rings. The Morgan fingerprint density at radius 1 is 1.33 bits per heavy atom. The van der Waals surface area contributed by atoms with Gasteiger partial charge >= 0.3 is 6.18 Å². The lowest BCUT2D eigenvalue weighted by molar-refractivity contribution is -0.143. The van der Waals surface area contributed by atoms with Gasteiger partial charge in [0.1, 0.15) is 6.54 Å². The van der Waals surface area contributed by atoms with Gasteiger partial charge in [-0.05, 0) is 24.3 Å². The Balaban J connectivity index is 1.82. The van der Waals surface area contributed by atoms with E-state index in [0.717, 1.165) is 21.6 Å². The van der Waals surface area contributed by atoms with Crippen LogP contribution in [0.5, 0.6) is 0 Å². The Bertz CT molecular complexity index is 677. The molecule has 11 heteroatoms. The van der Waals surface area contributed by atoms with Crippen LogP contribution in [-0.4, -0.2) is 61.2 Å². The second-order valence-electron chi connectivity index (χ2n) is 5.78. The van der Waals surface area contributed by atoms with Gasteiger partial charge in [-0.1, -0.05) is 0 Å². The zero-order chi connectivity index (χ0) is 17.3. The van der Waals surface area contributed by atoms with Gasteiger partial charge < -0.3 is 4.74 Å². The third-order valence-electron chi connectivity index (χ3n) is 4.04. The molecule has 132 valence electrons. The van der Waals surface area contributed by atoms with Crippen LogP contribution in [0, 0.1) is 13.8 Å². The first-order valence-corrected chi connectivity index (χ1v) is 7.50. The number of halogens is 3. The van der Waals surface area contributed by atoms with Gasteiger partial charge in [-0.15, -0.1) is 5.10 Å². The van der Waals surface area contributed by atoms with Crippen LogP contribution in [0.25, 0.3) is 0 Å². The molecule has 0 spiro atoms. The molecule has 0 amide bonds. The summed E-state index contributed by atoms with van der Waals surface area (Å²) in [6, 6.07) is -0.103. The maximum absolute atomic E-state index is 12.6. The predicted octanol–water partition coefficient (Wildman–Crippen LogP) is 1.15. The number of alkyl halides is 3. The molecule has 2 aromatic heterocycles. The Morgan fingerprint density at radius 2 is 2.12 bits per heavy atom. The molecular formula is C13H18F3N7O. The van der Waals surface area contributed by atoms with Gasteiger partial charge in [0.2, 0.25) is 0 Å². The maximum atomic E-state index is 12.6. The number of aromatic amines is 1. The summed E-state index contributed by atoms with van der Waals surface area (Å²) in [7, 11) is 0. The van der Waals surface area contributed by atoms with Crippen molar-refractivity contribution >= 4 is 0 Å². The van der Waals surface area contributed by atoms with E-state index in [0.29, 0.717) is 19.8 Å². The second kappa shape index (κ2) is 6.48. The van der Waals surface area contributed by atoms with Crippen molar-refractivity contribution in [3.63, 3.8) is 0 Å². The van der Waals surface area contributed by atoms with Crippen molar-refractivity contribution in [1.29, 1.82) is 0 Å². The van der Waals surface area contributed by atoms with E-state index in [1.54, 1.807) is 0 Å². The number of tetrazole rings is 1. The number of H-pyrrole nitrogens is 1. The number of morpholine rings is 1. The van der Waals surface area contributed by atoms with Gasteiger partial charge in [0.25, 0.3) is 0 Å². The highest BCUT2D eigenvalue weighted by molar-refractivity contribution is 5.27. The minimum absolute atomic E-state index is 0.103. The summed E-state index contributed by atoms with van der Waals surface area (Å²) in [5.41, 5.74) is 2.77. The lowest BCUT2D eigenvalue weighted by Crippen LogP contribution is -2.40. The Labute approximate surface area is 136 Å². The van der Waals surface area contributed by atoms with E-state index >= 15 is 0 Å². The second-order valence-corrected chi connectivity index (χ2v) is 5.78. The summed E-state index contributed by atoms with van der Waals surface area (Å²) in [5, 5.41) is 17.7. The van der Waals surface area contributed by atoms with Crippen LogP contribution in [0.3, 0.4) is 0 Å². The summed E-state index contributed by atoms with van der Waals surface area (Å²) in [6.07, 6.45) is -4.37. The zero-order valence-electron chi connectivity index (χ0n) is 13.3. The smallest absolute Gasteiger partial charge is 0.378 e. The largest absolute Gasteiger partial charge is 0.408 e. The SMILES string of the molecule is Cc1n[nH]c(C)c1C1COCCN1Cc1nnnn1CC(F)(F)F. The molecule has 3 rings (SSSR count). The minimum atomic E-state index is -4.37. The number of nitrogens with one attached hydrogen (secondary N) is 1. The molecule has 3 heterocycles. The number of aryl methyl sites for hydroxylation is 2. The predicted molar refractivity (Wildman–Crippen MR) is 75.9 cm³/mol. The molecule has 0 aliphatic carbocycles. The van der Waals surface area contributed by atoms with Gasteiger partial charge in [-0.25, -0.2) is 4.68 Å². The van der Waals surface area contributed by atoms with Gasteiger partial charge in [0, 0.05) is 17.8 Å². The van der Waals surface area contributed by atoms with Crippen LogP contribution >= 0.6 is 0 Å². The molecule has 8 nitrogen and oxygen atoms in total. The van der Waals surface area contributed by atoms with Gasteiger partial charge in [0.15, 0.2) is 5.82 Å². The first kappa shape index (κ1) is 16.8. The molecule has 1 aliphatic heterocycles. The Kier molecular flexibility index (Phi) is 4.54. The number of aromatic nitrogens is 6. The van der Waals surface area contributed by atoms with Crippen molar-refractivity contribution in [3.8, 4) is 0 Å².